The molecule has 0 radical (unpaired) electrons. The molecule has 2 aliphatic heterocycles. The SMILES string of the molecule is CCC(=O)CCCOCCOCCOCCCC(=O)[C@@H]1Cc2ccc(cc2)OCCC[C@H](C(=O)NO)[C@@H](CC(C)C)C(=O)N1. The van der Waals surface area contributed by atoms with Gasteiger partial charge >= 0.3 is 0 Å². The molecule has 2 aliphatic rings. The average Bonchev–Trinajstić information content (AvgIpc) is 3.01. The number of carbonyl (C=O) groups is 4. The van der Waals surface area contributed by atoms with Gasteiger partial charge in [-0.1, -0.05) is 32.9 Å². The maximum absolute atomic E-state index is 13.6. The first-order valence-corrected chi connectivity index (χ1v) is 16.0. The van der Waals surface area contributed by atoms with Gasteiger partial charge < -0.3 is 24.3 Å². The lowest BCUT2D eigenvalue weighted by Crippen LogP contribution is -2.49. The predicted molar refractivity (Wildman–Crippen MR) is 164 cm³/mol. The number of hydroxylamine groups is 1. The third-order valence-electron chi connectivity index (χ3n) is 7.59. The quantitative estimate of drug-likeness (QED) is 0.119. The van der Waals surface area contributed by atoms with Gasteiger partial charge in [0.1, 0.15) is 11.5 Å². The Hall–Kier alpha value is -2.86. The number of fused-ring (bicyclic) bond motifs is 11. The maximum atomic E-state index is 13.6. The number of carbonyl (C=O) groups excluding carboxylic acids is 4. The number of hydrogen-bond acceptors (Lipinski definition) is 9. The van der Waals surface area contributed by atoms with Crippen LogP contribution < -0.4 is 15.5 Å². The van der Waals surface area contributed by atoms with Gasteiger partial charge in [-0.2, -0.15) is 0 Å². The van der Waals surface area contributed by atoms with E-state index in [9.17, 15) is 24.4 Å². The van der Waals surface area contributed by atoms with Crippen molar-refractivity contribution in [3.8, 4) is 5.75 Å². The van der Waals surface area contributed by atoms with Gasteiger partial charge in [0.15, 0.2) is 5.78 Å². The van der Waals surface area contributed by atoms with E-state index in [4.69, 9.17) is 18.9 Å². The highest BCUT2D eigenvalue weighted by atomic mass is 16.5. The van der Waals surface area contributed by atoms with Crippen LogP contribution in [0.15, 0.2) is 24.3 Å². The topological polar surface area (TPSA) is 149 Å². The molecule has 3 atom stereocenters. The van der Waals surface area contributed by atoms with Gasteiger partial charge in [0.25, 0.3) is 0 Å². The highest BCUT2D eigenvalue weighted by Crippen LogP contribution is 2.27. The third-order valence-corrected chi connectivity index (χ3v) is 7.59. The van der Waals surface area contributed by atoms with Crippen LogP contribution in [0.2, 0.25) is 0 Å². The summed E-state index contributed by atoms with van der Waals surface area (Å²) in [6.07, 6.45) is 4.15. The minimum Gasteiger partial charge on any atom is -0.494 e. The summed E-state index contributed by atoms with van der Waals surface area (Å²) < 4.78 is 22.4. The molecule has 0 aliphatic carbocycles. The van der Waals surface area contributed by atoms with Crippen LogP contribution in [0.5, 0.6) is 5.75 Å². The molecule has 11 nitrogen and oxygen atoms in total. The molecule has 1 aromatic carbocycles. The molecular weight excluding hydrogens is 568 g/mol. The van der Waals surface area contributed by atoms with E-state index in [0.29, 0.717) is 96.9 Å². The molecule has 0 unspecified atom stereocenters. The molecule has 0 saturated carbocycles. The Morgan fingerprint density at radius 1 is 0.977 bits per heavy atom. The Bertz CT molecular complexity index is 999. The van der Waals surface area contributed by atoms with Crippen LogP contribution in [0, 0.1) is 17.8 Å². The molecule has 44 heavy (non-hydrogen) atoms. The smallest absolute Gasteiger partial charge is 0.247 e. The summed E-state index contributed by atoms with van der Waals surface area (Å²) >= 11 is 0. The summed E-state index contributed by atoms with van der Waals surface area (Å²) in [6.45, 7) is 8.78. The Kier molecular flexibility index (Phi) is 18.5. The van der Waals surface area contributed by atoms with Gasteiger partial charge in [0.05, 0.1) is 45.0 Å². The van der Waals surface area contributed by atoms with Gasteiger partial charge in [-0.25, -0.2) is 5.48 Å². The van der Waals surface area contributed by atoms with Gasteiger partial charge in [-0.15, -0.1) is 0 Å². The Morgan fingerprint density at radius 3 is 2.18 bits per heavy atom. The second-order valence-corrected chi connectivity index (χ2v) is 11.6. The molecule has 3 rings (SSSR count). The van der Waals surface area contributed by atoms with Crippen molar-refractivity contribution < 1.29 is 43.3 Å². The Morgan fingerprint density at radius 2 is 1.59 bits per heavy atom. The van der Waals surface area contributed by atoms with Gasteiger partial charge in [-0.3, -0.25) is 24.4 Å². The molecular formula is C33H52N2O9. The van der Waals surface area contributed by atoms with E-state index >= 15 is 0 Å². The molecule has 248 valence electrons. The van der Waals surface area contributed by atoms with E-state index in [1.807, 2.05) is 45.0 Å². The molecule has 0 spiro atoms. The number of ketones is 2. The summed E-state index contributed by atoms with van der Waals surface area (Å²) in [5.41, 5.74) is 2.61. The van der Waals surface area contributed by atoms with Crippen molar-refractivity contribution in [3.05, 3.63) is 29.8 Å². The minimum atomic E-state index is -0.770. The van der Waals surface area contributed by atoms with Crippen LogP contribution >= 0.6 is 0 Å². The molecule has 2 amide bonds. The minimum absolute atomic E-state index is 0.116. The number of benzene rings is 1. The summed E-state index contributed by atoms with van der Waals surface area (Å²) in [5.74, 6) is -1.52. The zero-order valence-electron chi connectivity index (χ0n) is 26.6. The van der Waals surface area contributed by atoms with Crippen LogP contribution in [0.1, 0.15) is 77.7 Å². The van der Waals surface area contributed by atoms with E-state index in [2.05, 4.69) is 5.32 Å². The van der Waals surface area contributed by atoms with Crippen molar-refractivity contribution in [1.82, 2.24) is 10.8 Å². The van der Waals surface area contributed by atoms with Crippen LogP contribution in [0.4, 0.5) is 0 Å². The summed E-state index contributed by atoms with van der Waals surface area (Å²) in [4.78, 5) is 50.9. The zero-order valence-corrected chi connectivity index (χ0v) is 26.6. The van der Waals surface area contributed by atoms with Crippen LogP contribution in [-0.2, 0) is 39.8 Å². The summed E-state index contributed by atoms with van der Waals surface area (Å²) in [6, 6.07) is 6.68. The number of hydrogen-bond donors (Lipinski definition) is 3. The number of Topliss-reactive ketones (excluding diaryl/α,β-unsaturated/α-hetero) is 2. The van der Waals surface area contributed by atoms with Crippen molar-refractivity contribution in [1.29, 1.82) is 0 Å². The lowest BCUT2D eigenvalue weighted by Gasteiger charge is -2.29. The van der Waals surface area contributed by atoms with Crippen LogP contribution in [-0.4, -0.2) is 80.9 Å². The van der Waals surface area contributed by atoms with Gasteiger partial charge in [0, 0.05) is 38.4 Å². The molecule has 2 heterocycles. The van der Waals surface area contributed by atoms with Crippen molar-refractivity contribution in [2.24, 2.45) is 17.8 Å². The lowest BCUT2D eigenvalue weighted by molar-refractivity contribution is -0.142. The molecule has 0 fully saturated rings. The van der Waals surface area contributed by atoms with Crippen molar-refractivity contribution in [2.45, 2.75) is 84.6 Å². The zero-order chi connectivity index (χ0) is 32.2. The van der Waals surface area contributed by atoms with E-state index in [1.54, 1.807) is 5.48 Å². The van der Waals surface area contributed by atoms with E-state index in [0.717, 1.165) is 12.0 Å². The first-order valence-electron chi connectivity index (χ1n) is 16.0. The molecule has 0 aromatic heterocycles. The molecule has 2 bridgehead atoms. The normalized spacial score (nSPS) is 19.2. The number of amides is 2. The molecule has 1 aromatic rings. The molecule has 3 N–H and O–H groups in total. The van der Waals surface area contributed by atoms with Crippen molar-refractivity contribution in [3.63, 3.8) is 0 Å². The van der Waals surface area contributed by atoms with E-state index < -0.39 is 23.8 Å². The molecule has 0 saturated heterocycles. The first kappa shape index (κ1) is 37.3. The van der Waals surface area contributed by atoms with Gasteiger partial charge in [0.2, 0.25) is 11.8 Å². The number of nitrogens with one attached hydrogen (secondary N) is 2. The maximum Gasteiger partial charge on any atom is 0.247 e. The summed E-state index contributed by atoms with van der Waals surface area (Å²) in [7, 11) is 0. The van der Waals surface area contributed by atoms with Crippen molar-refractivity contribution in [2.75, 3.05) is 46.2 Å². The lowest BCUT2D eigenvalue weighted by atomic mass is 9.81. The first-order chi connectivity index (χ1) is 21.2. The Balaban J connectivity index is 1.87. The predicted octanol–water partition coefficient (Wildman–Crippen LogP) is 3.83. The fraction of sp³-hybridized carbons (Fsp3) is 0.697. The molecule has 11 heteroatoms. The van der Waals surface area contributed by atoms with Crippen molar-refractivity contribution >= 4 is 23.4 Å². The van der Waals surface area contributed by atoms with Crippen LogP contribution in [0.3, 0.4) is 0 Å². The van der Waals surface area contributed by atoms with Crippen LogP contribution in [0.25, 0.3) is 0 Å². The third kappa shape index (κ3) is 14.7. The average molecular weight is 621 g/mol. The Labute approximate surface area is 261 Å². The largest absolute Gasteiger partial charge is 0.494 e. The standard InChI is InChI=1S/C33H52N2O9/c1-4-26(36)8-5-15-41-18-20-43-21-19-42-16-7-10-31(37)30-23-25-11-13-27(14-12-25)44-17-6-9-28(33(39)35-40)29(22-24(2)3)32(38)34-30/h11-14,24,28-30,40H,4-10,15-23H2,1-3H3,(H,34,38)(H,35,39)/t28-,29+,30-/m0/s1. The second-order valence-electron chi connectivity index (χ2n) is 11.6. The summed E-state index contributed by atoms with van der Waals surface area (Å²) in [5, 5.41) is 12.4. The highest BCUT2D eigenvalue weighted by molar-refractivity contribution is 5.92. The highest BCUT2D eigenvalue weighted by Gasteiger charge is 2.35. The van der Waals surface area contributed by atoms with E-state index in [-0.39, 0.29) is 29.8 Å². The monoisotopic (exact) mass is 620 g/mol. The van der Waals surface area contributed by atoms with E-state index in [1.165, 1.54) is 0 Å². The fourth-order valence-corrected chi connectivity index (χ4v) is 5.15. The fourth-order valence-electron chi connectivity index (χ4n) is 5.15. The number of rotatable bonds is 19. The second kappa shape index (κ2) is 21.8. The number of ether oxygens (including phenoxy) is 4. The van der Waals surface area contributed by atoms with Gasteiger partial charge in [-0.05, 0) is 62.1 Å².